The predicted octanol–water partition coefficient (Wildman–Crippen LogP) is 1.60. The van der Waals surface area contributed by atoms with Gasteiger partial charge in [0.1, 0.15) is 11.9 Å². The Bertz CT molecular complexity index is 543. The number of esters is 1. The van der Waals surface area contributed by atoms with Gasteiger partial charge < -0.3 is 15.2 Å². The van der Waals surface area contributed by atoms with E-state index in [1.54, 1.807) is 6.92 Å². The molecule has 1 rings (SSSR count). The van der Waals surface area contributed by atoms with E-state index in [4.69, 9.17) is 9.84 Å². The smallest absolute Gasteiger partial charge is 0.326 e. The molecule has 0 fully saturated rings. The molecule has 7 heteroatoms. The lowest BCUT2D eigenvalue weighted by molar-refractivity contribution is -0.148. The average molecular weight is 311 g/mol. The van der Waals surface area contributed by atoms with E-state index in [0.29, 0.717) is 0 Å². The molecule has 1 aromatic rings. The molecule has 2 atom stereocenters. The number of carbonyl (C=O) groups is 3. The summed E-state index contributed by atoms with van der Waals surface area (Å²) in [5.74, 6) is -3.60. The van der Waals surface area contributed by atoms with E-state index in [1.165, 1.54) is 19.1 Å². The number of carboxylic acid groups (broad SMARTS) is 1. The Hall–Kier alpha value is -2.44. The summed E-state index contributed by atoms with van der Waals surface area (Å²) in [5, 5.41) is 11.5. The van der Waals surface area contributed by atoms with Crippen molar-refractivity contribution in [2.45, 2.75) is 26.3 Å². The summed E-state index contributed by atoms with van der Waals surface area (Å²) in [7, 11) is 0. The molecule has 0 spiro atoms. The molecule has 0 aliphatic carbocycles. The van der Waals surface area contributed by atoms with E-state index in [0.717, 1.165) is 12.1 Å². The fourth-order valence-electron chi connectivity index (χ4n) is 1.80. The number of amides is 1. The highest BCUT2D eigenvalue weighted by atomic mass is 19.1. The third-order valence-electron chi connectivity index (χ3n) is 2.99. The molecule has 1 amide bonds. The first kappa shape index (κ1) is 17.6. The summed E-state index contributed by atoms with van der Waals surface area (Å²) in [5.41, 5.74) is 0.136. The van der Waals surface area contributed by atoms with Crippen LogP contribution in [0.4, 0.5) is 4.39 Å². The van der Waals surface area contributed by atoms with Gasteiger partial charge in [-0.3, -0.25) is 9.59 Å². The lowest BCUT2D eigenvalue weighted by Crippen LogP contribution is -2.42. The summed E-state index contributed by atoms with van der Waals surface area (Å²) in [6.07, 6.45) is -0.0961. The average Bonchev–Trinajstić information content (AvgIpc) is 2.47. The highest BCUT2D eigenvalue weighted by Crippen LogP contribution is 2.10. The molecule has 0 aromatic heterocycles. The number of carbonyl (C=O) groups excluding carboxylic acids is 2. The second-order valence-corrected chi connectivity index (χ2v) is 4.76. The van der Waals surface area contributed by atoms with Crippen LogP contribution in [0.25, 0.3) is 0 Å². The first-order valence-corrected chi connectivity index (χ1v) is 6.81. The van der Waals surface area contributed by atoms with Crippen LogP contribution in [0.15, 0.2) is 24.3 Å². The second-order valence-electron chi connectivity index (χ2n) is 4.76. The summed E-state index contributed by atoms with van der Waals surface area (Å²) in [4.78, 5) is 34.7. The summed E-state index contributed by atoms with van der Waals surface area (Å²) in [6.45, 7) is 3.37. The summed E-state index contributed by atoms with van der Waals surface area (Å²) >= 11 is 0. The normalized spacial score (nSPS) is 13.0. The van der Waals surface area contributed by atoms with Gasteiger partial charge in [-0.15, -0.1) is 0 Å². The predicted molar refractivity (Wildman–Crippen MR) is 75.7 cm³/mol. The highest BCUT2D eigenvalue weighted by Gasteiger charge is 2.26. The Morgan fingerprint density at radius 1 is 1.27 bits per heavy atom. The van der Waals surface area contributed by atoms with Crippen LogP contribution >= 0.6 is 0 Å². The number of nitrogens with one attached hydrogen (secondary N) is 1. The second kappa shape index (κ2) is 8.11. The molecule has 0 unspecified atom stereocenters. The van der Waals surface area contributed by atoms with Gasteiger partial charge in [0.05, 0.1) is 12.5 Å². The maximum Gasteiger partial charge on any atom is 0.326 e. The van der Waals surface area contributed by atoms with Crippen molar-refractivity contribution in [3.63, 3.8) is 0 Å². The Kier molecular flexibility index (Phi) is 6.49. The van der Waals surface area contributed by atoms with Crippen molar-refractivity contribution in [2.24, 2.45) is 5.92 Å². The van der Waals surface area contributed by atoms with Crippen molar-refractivity contribution < 1.29 is 28.6 Å². The zero-order valence-electron chi connectivity index (χ0n) is 12.3. The first-order valence-electron chi connectivity index (χ1n) is 6.81. The minimum atomic E-state index is -1.26. The molecule has 1 aromatic carbocycles. The minimum Gasteiger partial charge on any atom is -0.480 e. The van der Waals surface area contributed by atoms with Crippen molar-refractivity contribution >= 4 is 17.8 Å². The Balaban J connectivity index is 2.71. The molecular weight excluding hydrogens is 293 g/mol. The molecule has 0 aliphatic heterocycles. The van der Waals surface area contributed by atoms with Crippen LogP contribution in [0.5, 0.6) is 0 Å². The van der Waals surface area contributed by atoms with E-state index < -0.39 is 35.6 Å². The fourth-order valence-corrected chi connectivity index (χ4v) is 1.80. The minimum absolute atomic E-state index is 0.0961. The number of carboxylic acids is 1. The lowest BCUT2D eigenvalue weighted by Gasteiger charge is -2.18. The standard InChI is InChI=1S/C15H18FNO5/c1-3-22-15(21)9(2)8-12(14(19)20)17-13(18)10-4-6-11(16)7-5-10/h4-7,9,12H,3,8H2,1-2H3,(H,17,18)(H,19,20)/t9-,12-/m0/s1. The van der Waals surface area contributed by atoms with Crippen LogP contribution in [0.3, 0.4) is 0 Å². The summed E-state index contributed by atoms with van der Waals surface area (Å²) in [6, 6.07) is 3.46. The lowest BCUT2D eigenvalue weighted by atomic mass is 10.0. The molecule has 2 N–H and O–H groups in total. The van der Waals surface area contributed by atoms with Gasteiger partial charge in [0, 0.05) is 5.56 Å². The van der Waals surface area contributed by atoms with Gasteiger partial charge in [0.15, 0.2) is 0 Å². The Labute approximate surface area is 127 Å². The largest absolute Gasteiger partial charge is 0.480 e. The number of aliphatic carboxylic acids is 1. The molecule has 0 saturated carbocycles. The summed E-state index contributed by atoms with van der Waals surface area (Å²) < 4.78 is 17.6. The number of ether oxygens (including phenoxy) is 1. The maximum absolute atomic E-state index is 12.8. The Morgan fingerprint density at radius 2 is 1.86 bits per heavy atom. The number of halogens is 1. The molecular formula is C15H18FNO5. The van der Waals surface area contributed by atoms with Crippen molar-refractivity contribution in [3.8, 4) is 0 Å². The van der Waals surface area contributed by atoms with Gasteiger partial charge >= 0.3 is 11.9 Å². The molecule has 120 valence electrons. The molecule has 0 saturated heterocycles. The van der Waals surface area contributed by atoms with Gasteiger partial charge in [-0.25, -0.2) is 9.18 Å². The van der Waals surface area contributed by atoms with Gasteiger partial charge in [0.25, 0.3) is 5.91 Å². The first-order chi connectivity index (χ1) is 10.3. The van der Waals surface area contributed by atoms with E-state index in [-0.39, 0.29) is 18.6 Å². The topological polar surface area (TPSA) is 92.7 Å². The van der Waals surface area contributed by atoms with Gasteiger partial charge in [-0.05, 0) is 37.6 Å². The molecule has 0 heterocycles. The maximum atomic E-state index is 12.8. The van der Waals surface area contributed by atoms with Crippen LogP contribution in [0.1, 0.15) is 30.6 Å². The van der Waals surface area contributed by atoms with Crippen LogP contribution in [0.2, 0.25) is 0 Å². The van der Waals surface area contributed by atoms with Gasteiger partial charge in [-0.2, -0.15) is 0 Å². The van der Waals surface area contributed by atoms with Crippen LogP contribution in [-0.2, 0) is 14.3 Å². The third-order valence-corrected chi connectivity index (χ3v) is 2.99. The van der Waals surface area contributed by atoms with Crippen molar-refractivity contribution in [2.75, 3.05) is 6.61 Å². The number of benzene rings is 1. The van der Waals surface area contributed by atoms with Crippen LogP contribution < -0.4 is 5.32 Å². The highest BCUT2D eigenvalue weighted by molar-refractivity contribution is 5.96. The van der Waals surface area contributed by atoms with Crippen LogP contribution in [0, 0.1) is 11.7 Å². The monoisotopic (exact) mass is 311 g/mol. The van der Waals surface area contributed by atoms with Gasteiger partial charge in [0.2, 0.25) is 0 Å². The number of hydrogen-bond donors (Lipinski definition) is 2. The Morgan fingerprint density at radius 3 is 2.36 bits per heavy atom. The molecule has 22 heavy (non-hydrogen) atoms. The molecule has 6 nitrogen and oxygen atoms in total. The molecule has 0 bridgehead atoms. The zero-order valence-corrected chi connectivity index (χ0v) is 12.3. The van der Waals surface area contributed by atoms with E-state index in [9.17, 15) is 18.8 Å². The van der Waals surface area contributed by atoms with Crippen molar-refractivity contribution in [3.05, 3.63) is 35.6 Å². The quantitative estimate of drug-likeness (QED) is 0.746. The SMILES string of the molecule is CCOC(=O)[C@@H](C)C[C@H](NC(=O)c1ccc(F)cc1)C(=O)O. The van der Waals surface area contributed by atoms with Crippen LogP contribution in [-0.4, -0.2) is 35.6 Å². The van der Waals surface area contributed by atoms with Crippen molar-refractivity contribution in [1.29, 1.82) is 0 Å². The van der Waals surface area contributed by atoms with Gasteiger partial charge in [-0.1, -0.05) is 6.92 Å². The number of hydrogen-bond acceptors (Lipinski definition) is 4. The molecule has 0 radical (unpaired) electrons. The third kappa shape index (κ3) is 5.16. The van der Waals surface area contributed by atoms with E-state index in [2.05, 4.69) is 5.32 Å². The van der Waals surface area contributed by atoms with E-state index in [1.807, 2.05) is 0 Å². The molecule has 0 aliphatic rings. The fraction of sp³-hybridized carbons (Fsp3) is 0.400. The number of rotatable bonds is 7. The zero-order chi connectivity index (χ0) is 16.7. The van der Waals surface area contributed by atoms with E-state index >= 15 is 0 Å². The van der Waals surface area contributed by atoms with Crippen molar-refractivity contribution in [1.82, 2.24) is 5.32 Å².